The van der Waals surface area contributed by atoms with Gasteiger partial charge in [-0.05, 0) is 11.8 Å². The second-order valence-corrected chi connectivity index (χ2v) is 5.40. The lowest BCUT2D eigenvalue weighted by molar-refractivity contribution is 0.199. The third kappa shape index (κ3) is 4.30. The maximum Gasteiger partial charge on any atom is 0.194 e. The highest BCUT2D eigenvalue weighted by molar-refractivity contribution is 8.00. The van der Waals surface area contributed by atoms with Gasteiger partial charge in [0.1, 0.15) is 5.51 Å². The first kappa shape index (κ1) is 13.3. The number of hydrogen-bond acceptors (Lipinski definition) is 8. The second kappa shape index (κ2) is 7.37. The minimum atomic E-state index is 0.687. The predicted octanol–water partition coefficient (Wildman–Crippen LogP) is 1.22. The molecule has 18 heavy (non-hydrogen) atoms. The highest BCUT2D eigenvalue weighted by Crippen LogP contribution is 2.24. The molecule has 96 valence electrons. The van der Waals surface area contributed by atoms with Gasteiger partial charge >= 0.3 is 0 Å². The molecule has 2 aromatic rings. The normalized spacial score (nSPS) is 10.7. The van der Waals surface area contributed by atoms with Gasteiger partial charge in [-0.15, -0.1) is 10.2 Å². The number of aromatic nitrogens is 4. The smallest absolute Gasteiger partial charge is 0.194 e. The topological polar surface area (TPSA) is 72.8 Å². The van der Waals surface area contributed by atoms with Crippen molar-refractivity contribution in [1.82, 2.24) is 25.5 Å². The van der Waals surface area contributed by atoms with Gasteiger partial charge in [0.15, 0.2) is 9.50 Å². The van der Waals surface area contributed by atoms with Crippen LogP contribution in [0.15, 0.2) is 27.4 Å². The Hall–Kier alpha value is -1.09. The molecule has 0 amide bonds. The van der Waals surface area contributed by atoms with Crippen molar-refractivity contribution in [1.29, 1.82) is 0 Å². The van der Waals surface area contributed by atoms with Gasteiger partial charge in [-0.25, -0.2) is 9.97 Å². The maximum absolute atomic E-state index is 4.95. The van der Waals surface area contributed by atoms with Gasteiger partial charge in [-0.2, -0.15) is 0 Å². The highest BCUT2D eigenvalue weighted by Gasteiger charge is 2.03. The number of rotatable bonds is 7. The first-order valence-electron chi connectivity index (χ1n) is 5.33. The van der Waals surface area contributed by atoms with Crippen LogP contribution in [0, 0.1) is 0 Å². The average molecular weight is 283 g/mol. The molecule has 0 aromatic carbocycles. The zero-order valence-electron chi connectivity index (χ0n) is 9.87. The van der Waals surface area contributed by atoms with Crippen LogP contribution in [-0.2, 0) is 11.3 Å². The van der Waals surface area contributed by atoms with Crippen LogP contribution in [0.25, 0.3) is 0 Å². The molecular weight excluding hydrogens is 270 g/mol. The summed E-state index contributed by atoms with van der Waals surface area (Å²) in [4.78, 5) is 8.54. The van der Waals surface area contributed by atoms with Crippen molar-refractivity contribution < 1.29 is 4.74 Å². The summed E-state index contributed by atoms with van der Waals surface area (Å²) in [6.45, 7) is 2.26. The molecule has 2 rings (SSSR count). The number of ether oxygens (including phenoxy) is 1. The Morgan fingerprint density at radius 3 is 2.89 bits per heavy atom. The van der Waals surface area contributed by atoms with E-state index in [0.29, 0.717) is 11.8 Å². The van der Waals surface area contributed by atoms with E-state index in [2.05, 4.69) is 25.5 Å². The fourth-order valence-corrected chi connectivity index (χ4v) is 2.46. The van der Waals surface area contributed by atoms with Crippen molar-refractivity contribution in [2.75, 3.05) is 20.3 Å². The van der Waals surface area contributed by atoms with E-state index in [-0.39, 0.29) is 0 Å². The Labute approximate surface area is 113 Å². The van der Waals surface area contributed by atoms with E-state index in [4.69, 9.17) is 4.74 Å². The average Bonchev–Trinajstić information content (AvgIpc) is 2.89. The molecular formula is C10H13N5OS2. The summed E-state index contributed by atoms with van der Waals surface area (Å²) in [6, 6.07) is 0. The summed E-state index contributed by atoms with van der Waals surface area (Å²) in [7, 11) is 1.68. The largest absolute Gasteiger partial charge is 0.383 e. The molecule has 2 heterocycles. The van der Waals surface area contributed by atoms with Crippen molar-refractivity contribution in [2.24, 2.45) is 0 Å². The van der Waals surface area contributed by atoms with Gasteiger partial charge in [0.25, 0.3) is 0 Å². The van der Waals surface area contributed by atoms with Gasteiger partial charge in [0, 0.05) is 38.2 Å². The predicted molar refractivity (Wildman–Crippen MR) is 69.6 cm³/mol. The molecule has 0 atom stereocenters. The fourth-order valence-electron chi connectivity index (χ4n) is 1.18. The SMILES string of the molecule is COCCNCc1cnc(Sc2nncs2)nc1. The Morgan fingerprint density at radius 1 is 1.39 bits per heavy atom. The third-order valence-corrected chi connectivity index (χ3v) is 3.68. The van der Waals surface area contributed by atoms with Crippen LogP contribution in [0.2, 0.25) is 0 Å². The van der Waals surface area contributed by atoms with Crippen LogP contribution >= 0.6 is 23.1 Å². The van der Waals surface area contributed by atoms with Crippen LogP contribution in [0.4, 0.5) is 0 Å². The molecule has 0 radical (unpaired) electrons. The minimum Gasteiger partial charge on any atom is -0.383 e. The van der Waals surface area contributed by atoms with Crippen molar-refractivity contribution >= 4 is 23.1 Å². The summed E-state index contributed by atoms with van der Waals surface area (Å²) in [6.07, 6.45) is 3.63. The third-order valence-electron chi connectivity index (χ3n) is 2.01. The van der Waals surface area contributed by atoms with E-state index in [1.54, 1.807) is 12.6 Å². The molecule has 2 aromatic heterocycles. The van der Waals surface area contributed by atoms with E-state index in [0.717, 1.165) is 23.0 Å². The summed E-state index contributed by atoms with van der Waals surface area (Å²) < 4.78 is 5.80. The molecule has 1 N–H and O–H groups in total. The van der Waals surface area contributed by atoms with E-state index < -0.39 is 0 Å². The highest BCUT2D eigenvalue weighted by atomic mass is 32.2. The molecule has 0 aliphatic heterocycles. The van der Waals surface area contributed by atoms with Crippen molar-refractivity contribution in [3.8, 4) is 0 Å². The second-order valence-electron chi connectivity index (χ2n) is 3.35. The van der Waals surface area contributed by atoms with Crippen LogP contribution in [-0.4, -0.2) is 40.4 Å². The van der Waals surface area contributed by atoms with Gasteiger partial charge in [0.2, 0.25) is 0 Å². The quantitative estimate of drug-likeness (QED) is 0.605. The summed E-state index contributed by atoms with van der Waals surface area (Å²) in [5.74, 6) is 0. The Balaban J connectivity index is 1.82. The number of methoxy groups -OCH3 is 1. The number of nitrogens with one attached hydrogen (secondary N) is 1. The van der Waals surface area contributed by atoms with Gasteiger partial charge in [0.05, 0.1) is 6.61 Å². The molecule has 0 aliphatic rings. The van der Waals surface area contributed by atoms with Crippen molar-refractivity contribution in [3.05, 3.63) is 23.5 Å². The molecule has 0 unspecified atom stereocenters. The Morgan fingerprint density at radius 2 is 2.22 bits per heavy atom. The molecule has 8 heteroatoms. The Bertz CT molecular complexity index is 448. The summed E-state index contributed by atoms with van der Waals surface area (Å²) >= 11 is 2.89. The van der Waals surface area contributed by atoms with Crippen LogP contribution in [0.3, 0.4) is 0 Å². The van der Waals surface area contributed by atoms with Crippen LogP contribution < -0.4 is 5.32 Å². The fraction of sp³-hybridized carbons (Fsp3) is 0.400. The molecule has 0 bridgehead atoms. The first-order valence-corrected chi connectivity index (χ1v) is 7.02. The van der Waals surface area contributed by atoms with Crippen molar-refractivity contribution in [3.63, 3.8) is 0 Å². The molecule has 0 spiro atoms. The molecule has 0 aliphatic carbocycles. The molecule has 0 fully saturated rings. The van der Waals surface area contributed by atoms with Crippen LogP contribution in [0.1, 0.15) is 5.56 Å². The minimum absolute atomic E-state index is 0.687. The zero-order valence-corrected chi connectivity index (χ0v) is 11.5. The standard InChI is InChI=1S/C10H13N5OS2/c1-16-3-2-11-4-8-5-12-9(13-6-8)18-10-15-14-7-17-10/h5-7,11H,2-4H2,1H3. The number of hydrogen-bond donors (Lipinski definition) is 1. The maximum atomic E-state index is 4.95. The summed E-state index contributed by atoms with van der Waals surface area (Å²) in [5, 5.41) is 11.6. The van der Waals surface area contributed by atoms with Gasteiger partial charge in [-0.3, -0.25) is 0 Å². The monoisotopic (exact) mass is 283 g/mol. The number of nitrogens with zero attached hydrogens (tertiary/aromatic N) is 4. The van der Waals surface area contributed by atoms with E-state index in [9.17, 15) is 0 Å². The summed E-state index contributed by atoms with van der Waals surface area (Å²) in [5.41, 5.74) is 2.74. The van der Waals surface area contributed by atoms with E-state index in [1.165, 1.54) is 23.1 Å². The van der Waals surface area contributed by atoms with E-state index >= 15 is 0 Å². The lowest BCUT2D eigenvalue weighted by Crippen LogP contribution is -2.18. The van der Waals surface area contributed by atoms with Crippen molar-refractivity contribution in [2.45, 2.75) is 16.0 Å². The first-order chi connectivity index (χ1) is 8.88. The lowest BCUT2D eigenvalue weighted by atomic mass is 10.3. The molecule has 6 nitrogen and oxygen atoms in total. The lowest BCUT2D eigenvalue weighted by Gasteiger charge is -2.03. The van der Waals surface area contributed by atoms with Crippen LogP contribution in [0.5, 0.6) is 0 Å². The molecule has 0 saturated carbocycles. The van der Waals surface area contributed by atoms with E-state index in [1.807, 2.05) is 12.4 Å². The molecule has 0 saturated heterocycles. The zero-order chi connectivity index (χ0) is 12.6. The van der Waals surface area contributed by atoms with Gasteiger partial charge < -0.3 is 10.1 Å². The Kier molecular flexibility index (Phi) is 5.46. The van der Waals surface area contributed by atoms with Gasteiger partial charge in [-0.1, -0.05) is 11.3 Å².